The topological polar surface area (TPSA) is 24.9 Å². The normalized spacial score (nSPS) is 11.1. The molecule has 0 aromatic carbocycles. The Bertz CT molecular complexity index is 256. The summed E-state index contributed by atoms with van der Waals surface area (Å²) in [6.45, 7) is 8.72. The van der Waals surface area contributed by atoms with Gasteiger partial charge in [-0.05, 0) is 18.9 Å². The molecular formula is C11H20N2S. The molecule has 0 aliphatic heterocycles. The minimum atomic E-state index is 0.706. The Kier molecular flexibility index (Phi) is 5.12. The van der Waals surface area contributed by atoms with E-state index in [1.54, 1.807) is 0 Å². The Morgan fingerprint density at radius 2 is 2.29 bits per heavy atom. The Morgan fingerprint density at radius 3 is 2.93 bits per heavy atom. The third-order valence-electron chi connectivity index (χ3n) is 1.91. The highest BCUT2D eigenvalue weighted by Crippen LogP contribution is 2.16. The van der Waals surface area contributed by atoms with Crippen LogP contribution in [0.5, 0.6) is 0 Å². The van der Waals surface area contributed by atoms with Crippen LogP contribution in [0.4, 0.5) is 0 Å². The van der Waals surface area contributed by atoms with Crippen molar-refractivity contribution in [1.29, 1.82) is 0 Å². The summed E-state index contributed by atoms with van der Waals surface area (Å²) < 4.78 is 0. The first-order valence-electron chi connectivity index (χ1n) is 5.36. The van der Waals surface area contributed by atoms with Crippen LogP contribution < -0.4 is 5.32 Å². The van der Waals surface area contributed by atoms with E-state index in [1.165, 1.54) is 16.3 Å². The minimum Gasteiger partial charge on any atom is -0.312 e. The molecule has 1 aromatic heterocycles. The molecule has 0 aliphatic rings. The van der Waals surface area contributed by atoms with Gasteiger partial charge in [0.25, 0.3) is 0 Å². The van der Waals surface area contributed by atoms with Crippen molar-refractivity contribution in [2.24, 2.45) is 5.92 Å². The van der Waals surface area contributed by atoms with E-state index in [0.717, 1.165) is 19.5 Å². The molecule has 1 heterocycles. The van der Waals surface area contributed by atoms with Crippen LogP contribution in [-0.4, -0.2) is 11.5 Å². The summed E-state index contributed by atoms with van der Waals surface area (Å²) in [6, 6.07) is 0. The molecule has 14 heavy (non-hydrogen) atoms. The molecule has 0 fully saturated rings. The number of hydrogen-bond acceptors (Lipinski definition) is 3. The summed E-state index contributed by atoms with van der Waals surface area (Å²) in [6.07, 6.45) is 4.31. The largest absolute Gasteiger partial charge is 0.312 e. The van der Waals surface area contributed by atoms with Gasteiger partial charge in [-0.1, -0.05) is 20.8 Å². The second-order valence-electron chi connectivity index (χ2n) is 4.00. The van der Waals surface area contributed by atoms with Gasteiger partial charge in [0, 0.05) is 24.0 Å². The zero-order valence-electron chi connectivity index (χ0n) is 9.34. The molecule has 0 amide bonds. The predicted molar refractivity (Wildman–Crippen MR) is 62.7 cm³/mol. The van der Waals surface area contributed by atoms with Crippen molar-refractivity contribution in [3.05, 3.63) is 16.1 Å². The van der Waals surface area contributed by atoms with E-state index in [0.29, 0.717) is 5.92 Å². The maximum atomic E-state index is 4.41. The number of nitrogens with zero attached hydrogens (tertiary/aromatic N) is 1. The number of thiazole rings is 1. The monoisotopic (exact) mass is 212 g/mol. The number of hydrogen-bond donors (Lipinski definition) is 1. The first kappa shape index (κ1) is 11.7. The van der Waals surface area contributed by atoms with E-state index in [2.05, 4.69) is 31.1 Å². The van der Waals surface area contributed by atoms with E-state index in [1.807, 2.05) is 17.5 Å². The third-order valence-corrected chi connectivity index (χ3v) is 2.93. The quantitative estimate of drug-likeness (QED) is 0.733. The van der Waals surface area contributed by atoms with Gasteiger partial charge in [0.2, 0.25) is 0 Å². The van der Waals surface area contributed by atoms with Gasteiger partial charge in [0.1, 0.15) is 0 Å². The Hall–Kier alpha value is -0.410. The highest BCUT2D eigenvalue weighted by Gasteiger charge is 2.03. The van der Waals surface area contributed by atoms with Gasteiger partial charge >= 0.3 is 0 Å². The van der Waals surface area contributed by atoms with Gasteiger partial charge in [-0.15, -0.1) is 11.3 Å². The Labute approximate surface area is 90.8 Å². The van der Waals surface area contributed by atoms with Crippen molar-refractivity contribution >= 4 is 11.3 Å². The molecule has 0 saturated carbocycles. The van der Waals surface area contributed by atoms with Crippen LogP contribution in [0.1, 0.15) is 37.1 Å². The van der Waals surface area contributed by atoms with Gasteiger partial charge in [-0.25, -0.2) is 4.98 Å². The smallest absolute Gasteiger partial charge is 0.0930 e. The van der Waals surface area contributed by atoms with Crippen molar-refractivity contribution in [3.63, 3.8) is 0 Å². The lowest BCUT2D eigenvalue weighted by atomic mass is 10.1. The summed E-state index contributed by atoms with van der Waals surface area (Å²) >= 11 is 1.84. The zero-order valence-corrected chi connectivity index (χ0v) is 10.2. The Morgan fingerprint density at radius 1 is 1.50 bits per heavy atom. The van der Waals surface area contributed by atoms with Crippen LogP contribution in [0.2, 0.25) is 0 Å². The van der Waals surface area contributed by atoms with Crippen LogP contribution in [0, 0.1) is 5.92 Å². The maximum absolute atomic E-state index is 4.41. The molecular weight excluding hydrogens is 192 g/mol. The minimum absolute atomic E-state index is 0.706. The molecule has 0 saturated heterocycles. The van der Waals surface area contributed by atoms with Crippen LogP contribution in [0.15, 0.2) is 6.20 Å². The van der Waals surface area contributed by atoms with Gasteiger partial charge in [0.15, 0.2) is 0 Å². The van der Waals surface area contributed by atoms with Gasteiger partial charge in [-0.2, -0.15) is 0 Å². The molecule has 0 spiro atoms. The second kappa shape index (κ2) is 6.14. The number of rotatable bonds is 6. The van der Waals surface area contributed by atoms with E-state index in [-0.39, 0.29) is 0 Å². The highest BCUT2D eigenvalue weighted by atomic mass is 32.1. The average Bonchev–Trinajstić information content (AvgIpc) is 2.52. The highest BCUT2D eigenvalue weighted by molar-refractivity contribution is 7.11. The predicted octanol–water partition coefficient (Wildman–Crippen LogP) is 2.84. The number of aromatic nitrogens is 1. The summed E-state index contributed by atoms with van der Waals surface area (Å²) in [5.74, 6) is 0.706. The lowest BCUT2D eigenvalue weighted by molar-refractivity contribution is 0.644. The molecule has 1 aromatic rings. The second-order valence-corrected chi connectivity index (χ2v) is 5.19. The van der Waals surface area contributed by atoms with Gasteiger partial charge in [0.05, 0.1) is 5.01 Å². The molecule has 3 heteroatoms. The summed E-state index contributed by atoms with van der Waals surface area (Å²) in [4.78, 5) is 5.77. The molecule has 0 aliphatic carbocycles. The fourth-order valence-electron chi connectivity index (χ4n) is 1.26. The van der Waals surface area contributed by atoms with Crippen molar-refractivity contribution in [2.45, 2.75) is 40.2 Å². The first-order chi connectivity index (χ1) is 6.72. The van der Waals surface area contributed by atoms with Crippen LogP contribution in [0.25, 0.3) is 0 Å². The van der Waals surface area contributed by atoms with E-state index < -0.39 is 0 Å². The molecule has 0 radical (unpaired) electrons. The van der Waals surface area contributed by atoms with E-state index in [9.17, 15) is 0 Å². The third kappa shape index (κ3) is 4.20. The van der Waals surface area contributed by atoms with Gasteiger partial charge < -0.3 is 5.32 Å². The van der Waals surface area contributed by atoms with Crippen LogP contribution in [-0.2, 0) is 13.0 Å². The molecule has 1 N–H and O–H groups in total. The fourth-order valence-corrected chi connectivity index (χ4v) is 2.37. The van der Waals surface area contributed by atoms with Crippen molar-refractivity contribution < 1.29 is 0 Å². The average molecular weight is 212 g/mol. The molecule has 0 atom stereocenters. The van der Waals surface area contributed by atoms with Crippen molar-refractivity contribution in [1.82, 2.24) is 10.3 Å². The first-order valence-corrected chi connectivity index (χ1v) is 6.18. The molecule has 0 unspecified atom stereocenters. The van der Waals surface area contributed by atoms with E-state index in [4.69, 9.17) is 0 Å². The summed E-state index contributed by atoms with van der Waals surface area (Å²) in [5.41, 5.74) is 0. The standard InChI is InChI=1S/C11H20N2S/c1-4-5-12-7-10-8-13-11(14-10)6-9(2)3/h8-9,12H,4-7H2,1-3H3. The SMILES string of the molecule is CCCNCc1cnc(CC(C)C)s1. The maximum Gasteiger partial charge on any atom is 0.0930 e. The van der Waals surface area contributed by atoms with E-state index >= 15 is 0 Å². The lowest BCUT2D eigenvalue weighted by Crippen LogP contribution is -2.12. The van der Waals surface area contributed by atoms with Crippen LogP contribution in [0.3, 0.4) is 0 Å². The zero-order chi connectivity index (χ0) is 10.4. The molecule has 1 rings (SSSR count). The lowest BCUT2D eigenvalue weighted by Gasteiger charge is -1.99. The summed E-state index contributed by atoms with van der Waals surface area (Å²) in [5, 5.41) is 4.66. The molecule has 2 nitrogen and oxygen atoms in total. The van der Waals surface area contributed by atoms with Crippen LogP contribution >= 0.6 is 11.3 Å². The molecule has 80 valence electrons. The van der Waals surface area contributed by atoms with Crippen molar-refractivity contribution in [2.75, 3.05) is 6.54 Å². The van der Waals surface area contributed by atoms with Gasteiger partial charge in [-0.3, -0.25) is 0 Å². The van der Waals surface area contributed by atoms with Crippen molar-refractivity contribution in [3.8, 4) is 0 Å². The molecule has 0 bridgehead atoms. The Balaban J connectivity index is 2.35. The fraction of sp³-hybridized carbons (Fsp3) is 0.727. The number of nitrogens with one attached hydrogen (secondary N) is 1. The summed E-state index contributed by atoms with van der Waals surface area (Å²) in [7, 11) is 0.